The molecule has 7 heteroatoms. The fourth-order valence-corrected chi connectivity index (χ4v) is 1.02. The average Bonchev–Trinajstić information content (AvgIpc) is 2.16. The van der Waals surface area contributed by atoms with Crippen molar-refractivity contribution in [1.82, 2.24) is 0 Å². The second kappa shape index (κ2) is 6.88. The molecule has 0 fully saturated rings. The number of carboxylic acid groups (broad SMARTS) is 1. The van der Waals surface area contributed by atoms with Crippen molar-refractivity contribution in [1.29, 1.82) is 0 Å². The molecule has 0 heterocycles. The van der Waals surface area contributed by atoms with Gasteiger partial charge in [-0.25, -0.2) is 0 Å². The molecule has 17 heavy (non-hydrogen) atoms. The molecule has 0 aliphatic heterocycles. The van der Waals surface area contributed by atoms with Crippen LogP contribution in [0.15, 0.2) is 24.3 Å². The fraction of sp³-hybridized carbons (Fsp3) is 0.300. The van der Waals surface area contributed by atoms with Crippen LogP contribution in [-0.4, -0.2) is 17.7 Å². The van der Waals surface area contributed by atoms with Gasteiger partial charge in [0.25, 0.3) is 0 Å². The Morgan fingerprint density at radius 2 is 2.06 bits per heavy atom. The summed E-state index contributed by atoms with van der Waals surface area (Å²) < 4.78 is 41.7. The number of aliphatic carboxylic acids is 1. The van der Waals surface area contributed by atoms with E-state index in [9.17, 15) is 18.0 Å². The zero-order valence-electron chi connectivity index (χ0n) is 10.1. The predicted molar refractivity (Wildman–Crippen MR) is 50.3 cm³/mol. The largest absolute Gasteiger partial charge is 1.00 e. The Morgan fingerprint density at radius 1 is 1.41 bits per heavy atom. The van der Waals surface area contributed by atoms with E-state index < -0.39 is 17.7 Å². The van der Waals surface area contributed by atoms with Gasteiger partial charge in [-0.05, 0) is 18.2 Å². The van der Waals surface area contributed by atoms with Crippen molar-refractivity contribution in [3.63, 3.8) is 0 Å². The van der Waals surface area contributed by atoms with Gasteiger partial charge in [0.1, 0.15) is 5.75 Å². The van der Waals surface area contributed by atoms with Gasteiger partial charge in [0, 0.05) is 0 Å². The first kappa shape index (κ1) is 16.3. The summed E-state index contributed by atoms with van der Waals surface area (Å²) in [5, 5.41) is 8.32. The summed E-state index contributed by atoms with van der Waals surface area (Å²) in [7, 11) is 0. The van der Waals surface area contributed by atoms with E-state index in [1.165, 1.54) is 12.1 Å². The molecule has 3 nitrogen and oxygen atoms in total. The SMILES string of the molecule is O=C(O)CCOc1cccc(C(F)(F)F)c1.[H-].[Na+]. The van der Waals surface area contributed by atoms with Crippen LogP contribution in [0.2, 0.25) is 0 Å². The second-order valence-corrected chi connectivity index (χ2v) is 3.02. The molecule has 0 spiro atoms. The van der Waals surface area contributed by atoms with Gasteiger partial charge in [-0.3, -0.25) is 4.79 Å². The molecule has 0 aliphatic rings. The Kier molecular flexibility index (Phi) is 6.59. The molecule has 0 radical (unpaired) electrons. The van der Waals surface area contributed by atoms with Crippen molar-refractivity contribution in [2.24, 2.45) is 0 Å². The Labute approximate surface area is 119 Å². The number of rotatable bonds is 4. The molecule has 0 aromatic heterocycles. The molecule has 1 aromatic carbocycles. The van der Waals surface area contributed by atoms with Gasteiger partial charge in [0.05, 0.1) is 18.6 Å². The first-order valence-electron chi connectivity index (χ1n) is 4.41. The smallest absolute Gasteiger partial charge is 1.00 e. The summed E-state index contributed by atoms with van der Waals surface area (Å²) in [6, 6.07) is 4.31. The molecule has 0 bridgehead atoms. The Hall–Kier alpha value is -0.720. The van der Waals surface area contributed by atoms with Gasteiger partial charge in [-0.1, -0.05) is 6.07 Å². The van der Waals surface area contributed by atoms with Crippen LogP contribution < -0.4 is 34.3 Å². The number of carboxylic acids is 1. The molecular weight excluding hydrogens is 248 g/mol. The number of ether oxygens (including phenoxy) is 1. The van der Waals surface area contributed by atoms with Crippen LogP contribution in [0.5, 0.6) is 5.75 Å². The van der Waals surface area contributed by atoms with Crippen LogP contribution in [0, 0.1) is 0 Å². The van der Waals surface area contributed by atoms with Crippen LogP contribution in [0.3, 0.4) is 0 Å². The van der Waals surface area contributed by atoms with Gasteiger partial charge < -0.3 is 11.3 Å². The quantitative estimate of drug-likeness (QED) is 0.753. The first-order valence-corrected chi connectivity index (χ1v) is 4.41. The van der Waals surface area contributed by atoms with Crippen LogP contribution in [-0.2, 0) is 11.0 Å². The number of halogens is 3. The van der Waals surface area contributed by atoms with E-state index in [4.69, 9.17) is 9.84 Å². The molecule has 0 saturated carbocycles. The number of benzene rings is 1. The number of hydrogen-bond acceptors (Lipinski definition) is 2. The summed E-state index contributed by atoms with van der Waals surface area (Å²) in [6.45, 7) is -0.156. The molecule has 0 amide bonds. The maximum atomic E-state index is 12.3. The van der Waals surface area contributed by atoms with Crippen molar-refractivity contribution in [3.8, 4) is 5.75 Å². The van der Waals surface area contributed by atoms with E-state index in [0.717, 1.165) is 12.1 Å². The minimum Gasteiger partial charge on any atom is -1.00 e. The monoisotopic (exact) mass is 258 g/mol. The third-order valence-electron chi connectivity index (χ3n) is 1.75. The molecular formula is C10H10F3NaO3. The molecule has 1 rings (SSSR count). The van der Waals surface area contributed by atoms with Gasteiger partial charge in [-0.15, -0.1) is 0 Å². The molecule has 1 N–H and O–H groups in total. The van der Waals surface area contributed by atoms with Crippen molar-refractivity contribution >= 4 is 5.97 Å². The van der Waals surface area contributed by atoms with Crippen molar-refractivity contribution in [2.45, 2.75) is 12.6 Å². The predicted octanol–water partition coefficient (Wildman–Crippen LogP) is -0.325. The zero-order valence-corrected chi connectivity index (χ0v) is 11.1. The van der Waals surface area contributed by atoms with Crippen LogP contribution in [0.25, 0.3) is 0 Å². The first-order chi connectivity index (χ1) is 7.39. The summed E-state index contributed by atoms with van der Waals surface area (Å²) >= 11 is 0. The zero-order chi connectivity index (χ0) is 12.2. The normalized spacial score (nSPS) is 10.5. The second-order valence-electron chi connectivity index (χ2n) is 3.02. The molecule has 0 atom stereocenters. The molecule has 90 valence electrons. The summed E-state index contributed by atoms with van der Waals surface area (Å²) in [4.78, 5) is 10.2. The summed E-state index contributed by atoms with van der Waals surface area (Å²) in [5.41, 5.74) is -0.819. The van der Waals surface area contributed by atoms with E-state index >= 15 is 0 Å². The van der Waals surface area contributed by atoms with Gasteiger partial charge in [-0.2, -0.15) is 13.2 Å². The fourth-order valence-electron chi connectivity index (χ4n) is 1.02. The molecule has 0 aliphatic carbocycles. The molecule has 1 aromatic rings. The Morgan fingerprint density at radius 3 is 2.59 bits per heavy atom. The number of alkyl halides is 3. The molecule has 0 unspecified atom stereocenters. The van der Waals surface area contributed by atoms with Crippen molar-refractivity contribution in [3.05, 3.63) is 29.8 Å². The van der Waals surface area contributed by atoms with E-state index in [0.29, 0.717) is 0 Å². The maximum Gasteiger partial charge on any atom is 1.00 e. The van der Waals surface area contributed by atoms with E-state index in [-0.39, 0.29) is 49.8 Å². The van der Waals surface area contributed by atoms with E-state index in [1.807, 2.05) is 0 Å². The minimum absolute atomic E-state index is 0. The van der Waals surface area contributed by atoms with Crippen LogP contribution in [0.1, 0.15) is 13.4 Å². The van der Waals surface area contributed by atoms with Crippen molar-refractivity contribution in [2.75, 3.05) is 6.61 Å². The average molecular weight is 258 g/mol. The standard InChI is InChI=1S/C10H9F3O3.Na.H/c11-10(12,13)7-2-1-3-8(6-7)16-5-4-9(14)15;;/h1-3,6H,4-5H2,(H,14,15);;/q;+1;-1. The Bertz CT molecular complexity index is 385. The number of hydrogen-bond donors (Lipinski definition) is 1. The van der Waals surface area contributed by atoms with Crippen LogP contribution in [0.4, 0.5) is 13.2 Å². The van der Waals surface area contributed by atoms with Gasteiger partial charge >= 0.3 is 41.7 Å². The minimum atomic E-state index is -4.42. The van der Waals surface area contributed by atoms with Crippen molar-refractivity contribution < 1.29 is 58.8 Å². The number of carbonyl (C=O) groups is 1. The van der Waals surface area contributed by atoms with Gasteiger partial charge in [0.2, 0.25) is 0 Å². The van der Waals surface area contributed by atoms with Gasteiger partial charge in [0.15, 0.2) is 0 Å². The summed E-state index contributed by atoms with van der Waals surface area (Å²) in [5.74, 6) is -1.05. The molecule has 0 saturated heterocycles. The van der Waals surface area contributed by atoms with Crippen LogP contribution >= 0.6 is 0 Å². The third kappa shape index (κ3) is 5.95. The maximum absolute atomic E-state index is 12.3. The van der Waals surface area contributed by atoms with E-state index in [2.05, 4.69) is 0 Å². The Balaban J connectivity index is 0. The summed E-state index contributed by atoms with van der Waals surface area (Å²) in [6.07, 6.45) is -4.68. The van der Waals surface area contributed by atoms with E-state index in [1.54, 1.807) is 0 Å². The topological polar surface area (TPSA) is 46.5 Å². The third-order valence-corrected chi connectivity index (χ3v) is 1.75.